The van der Waals surface area contributed by atoms with Crippen molar-refractivity contribution in [1.82, 2.24) is 0 Å². The molecule has 170 valence electrons. The second-order valence-electron chi connectivity index (χ2n) is 7.94. The Morgan fingerprint density at radius 2 is 1.69 bits per heavy atom. The van der Waals surface area contributed by atoms with E-state index >= 15 is 0 Å². The maximum Gasteiger partial charge on any atom is 0.255 e. The number of amides is 2. The Morgan fingerprint density at radius 1 is 1.03 bits per heavy atom. The molecule has 7 heteroatoms. The third-order valence-electron chi connectivity index (χ3n) is 5.85. The Balaban J connectivity index is 1.67. The molecule has 0 saturated carbocycles. The van der Waals surface area contributed by atoms with E-state index in [2.05, 4.69) is 5.32 Å². The first-order valence-electron chi connectivity index (χ1n) is 11.3. The van der Waals surface area contributed by atoms with Crippen LogP contribution >= 0.6 is 0 Å². The summed E-state index contributed by atoms with van der Waals surface area (Å²) in [6.07, 6.45) is 1.82. The van der Waals surface area contributed by atoms with Gasteiger partial charge < -0.3 is 24.4 Å². The molecule has 0 bridgehead atoms. The van der Waals surface area contributed by atoms with Crippen LogP contribution in [-0.4, -0.2) is 38.2 Å². The molecule has 0 spiro atoms. The molecule has 1 N–H and O–H groups in total. The standard InChI is InChI=1S/C25H30N2O5/c1-5-30-20-12-17(13-21(31-6-2)23(20)32-7-3)24(28)26-18-11-16-9-8-10-27-22(16)19(14-18)15(4)25(27)29/h11-15H,5-10H2,1-4H3,(H,26,28). The maximum atomic E-state index is 13.2. The Morgan fingerprint density at radius 3 is 2.31 bits per heavy atom. The third-order valence-corrected chi connectivity index (χ3v) is 5.85. The minimum atomic E-state index is -0.272. The molecule has 2 aliphatic rings. The number of benzene rings is 2. The van der Waals surface area contributed by atoms with Gasteiger partial charge in [-0.25, -0.2) is 0 Å². The SMILES string of the molecule is CCOc1cc(C(=O)Nc2cc3c4c(c2)C(C)C(=O)N4CCC3)cc(OCC)c1OCC. The van der Waals surface area contributed by atoms with E-state index in [1.807, 2.05) is 44.7 Å². The van der Waals surface area contributed by atoms with Gasteiger partial charge in [0.05, 0.1) is 31.4 Å². The average Bonchev–Trinajstić information content (AvgIpc) is 3.02. The fourth-order valence-electron chi connectivity index (χ4n) is 4.49. The zero-order valence-corrected chi connectivity index (χ0v) is 19.1. The van der Waals surface area contributed by atoms with Crippen LogP contribution in [0.2, 0.25) is 0 Å². The minimum absolute atomic E-state index is 0.138. The monoisotopic (exact) mass is 438 g/mol. The Kier molecular flexibility index (Phi) is 6.26. The van der Waals surface area contributed by atoms with Crippen molar-refractivity contribution in [2.75, 3.05) is 36.6 Å². The molecule has 2 aliphatic heterocycles. The van der Waals surface area contributed by atoms with Crippen molar-refractivity contribution in [2.24, 2.45) is 0 Å². The lowest BCUT2D eigenvalue weighted by Crippen LogP contribution is -2.32. The third kappa shape index (κ3) is 3.87. The van der Waals surface area contributed by atoms with Crippen LogP contribution in [-0.2, 0) is 11.2 Å². The van der Waals surface area contributed by atoms with Gasteiger partial charge in [0.2, 0.25) is 11.7 Å². The quantitative estimate of drug-likeness (QED) is 0.655. The number of carbonyl (C=O) groups is 2. The van der Waals surface area contributed by atoms with Crippen molar-refractivity contribution in [3.63, 3.8) is 0 Å². The van der Waals surface area contributed by atoms with Crippen molar-refractivity contribution >= 4 is 23.2 Å². The molecule has 2 aromatic carbocycles. The Labute approximate surface area is 188 Å². The van der Waals surface area contributed by atoms with E-state index in [1.165, 1.54) is 0 Å². The van der Waals surface area contributed by atoms with Gasteiger partial charge in [0.25, 0.3) is 5.91 Å². The van der Waals surface area contributed by atoms with Crippen LogP contribution in [0.25, 0.3) is 0 Å². The highest BCUT2D eigenvalue weighted by Gasteiger charge is 2.38. The van der Waals surface area contributed by atoms with Crippen molar-refractivity contribution in [2.45, 2.75) is 46.5 Å². The molecular formula is C25H30N2O5. The van der Waals surface area contributed by atoms with Crippen molar-refractivity contribution in [1.29, 1.82) is 0 Å². The number of ether oxygens (including phenoxy) is 3. The highest BCUT2D eigenvalue weighted by Crippen LogP contribution is 2.44. The summed E-state index contributed by atoms with van der Waals surface area (Å²) >= 11 is 0. The molecule has 0 aromatic heterocycles. The Hall–Kier alpha value is -3.22. The number of rotatable bonds is 8. The number of hydrogen-bond acceptors (Lipinski definition) is 5. The van der Waals surface area contributed by atoms with Crippen LogP contribution < -0.4 is 24.4 Å². The summed E-state index contributed by atoms with van der Waals surface area (Å²) in [5.74, 6) is 1.12. The van der Waals surface area contributed by atoms with Crippen LogP contribution in [0.3, 0.4) is 0 Å². The molecule has 2 amide bonds. The van der Waals surface area contributed by atoms with Crippen LogP contribution in [0.1, 0.15) is 61.5 Å². The molecule has 0 aliphatic carbocycles. The van der Waals surface area contributed by atoms with Gasteiger partial charge in [0, 0.05) is 17.8 Å². The van der Waals surface area contributed by atoms with Gasteiger partial charge >= 0.3 is 0 Å². The predicted molar refractivity (Wildman–Crippen MR) is 123 cm³/mol. The van der Waals surface area contributed by atoms with Crippen LogP contribution in [0.5, 0.6) is 17.2 Å². The smallest absolute Gasteiger partial charge is 0.255 e. The van der Waals surface area contributed by atoms with Crippen LogP contribution in [0.4, 0.5) is 11.4 Å². The van der Waals surface area contributed by atoms with E-state index in [0.29, 0.717) is 48.3 Å². The summed E-state index contributed by atoms with van der Waals surface area (Å²) in [6.45, 7) is 9.67. The van der Waals surface area contributed by atoms with Gasteiger partial charge in [0.1, 0.15) is 0 Å². The molecular weight excluding hydrogens is 408 g/mol. The van der Waals surface area contributed by atoms with Gasteiger partial charge in [-0.05, 0) is 75.9 Å². The van der Waals surface area contributed by atoms with Crippen LogP contribution in [0, 0.1) is 0 Å². The van der Waals surface area contributed by atoms with E-state index in [0.717, 1.165) is 36.2 Å². The average molecular weight is 439 g/mol. The van der Waals surface area contributed by atoms with E-state index in [-0.39, 0.29) is 17.7 Å². The molecule has 2 aromatic rings. The summed E-state index contributed by atoms with van der Waals surface area (Å²) in [5.41, 5.74) is 4.24. The highest BCUT2D eigenvalue weighted by atomic mass is 16.5. The zero-order valence-electron chi connectivity index (χ0n) is 19.1. The fraction of sp³-hybridized carbons (Fsp3) is 0.440. The Bertz CT molecular complexity index is 1020. The summed E-state index contributed by atoms with van der Waals surface area (Å²) in [6, 6.07) is 7.26. The van der Waals surface area contributed by atoms with Crippen molar-refractivity contribution in [3.05, 3.63) is 41.0 Å². The number of hydrogen-bond donors (Lipinski definition) is 1. The number of nitrogens with one attached hydrogen (secondary N) is 1. The molecule has 1 atom stereocenters. The molecule has 2 heterocycles. The summed E-state index contributed by atoms with van der Waals surface area (Å²) in [4.78, 5) is 27.7. The van der Waals surface area contributed by atoms with Crippen LogP contribution in [0.15, 0.2) is 24.3 Å². The largest absolute Gasteiger partial charge is 0.490 e. The van der Waals surface area contributed by atoms with E-state index < -0.39 is 0 Å². The first-order chi connectivity index (χ1) is 15.5. The van der Waals surface area contributed by atoms with E-state index in [1.54, 1.807) is 12.1 Å². The predicted octanol–water partition coefficient (Wildman–Crippen LogP) is 4.53. The van der Waals surface area contributed by atoms with Gasteiger partial charge in [-0.3, -0.25) is 9.59 Å². The summed E-state index contributed by atoms with van der Waals surface area (Å²) in [5, 5.41) is 3.01. The molecule has 0 saturated heterocycles. The number of anilines is 2. The molecule has 1 unspecified atom stereocenters. The van der Waals surface area contributed by atoms with Gasteiger partial charge in [-0.1, -0.05) is 0 Å². The normalized spacial score (nSPS) is 16.6. The first kappa shape index (κ1) is 22.0. The fourth-order valence-corrected chi connectivity index (χ4v) is 4.49. The molecule has 0 fully saturated rings. The molecule has 0 radical (unpaired) electrons. The van der Waals surface area contributed by atoms with Gasteiger partial charge in [-0.2, -0.15) is 0 Å². The minimum Gasteiger partial charge on any atom is -0.490 e. The lowest BCUT2D eigenvalue weighted by Gasteiger charge is -2.26. The topological polar surface area (TPSA) is 77.1 Å². The first-order valence-corrected chi connectivity index (χ1v) is 11.3. The van der Waals surface area contributed by atoms with Gasteiger partial charge in [-0.15, -0.1) is 0 Å². The molecule has 4 rings (SSSR count). The number of nitrogens with zero attached hydrogens (tertiary/aromatic N) is 1. The van der Waals surface area contributed by atoms with E-state index in [9.17, 15) is 9.59 Å². The van der Waals surface area contributed by atoms with E-state index in [4.69, 9.17) is 14.2 Å². The van der Waals surface area contributed by atoms with Gasteiger partial charge in [0.15, 0.2) is 11.5 Å². The lowest BCUT2D eigenvalue weighted by atomic mass is 9.96. The zero-order chi connectivity index (χ0) is 22.8. The second-order valence-corrected chi connectivity index (χ2v) is 7.94. The number of carbonyl (C=O) groups excluding carboxylic acids is 2. The van der Waals surface area contributed by atoms with Crippen molar-refractivity contribution < 1.29 is 23.8 Å². The second kappa shape index (κ2) is 9.10. The lowest BCUT2D eigenvalue weighted by molar-refractivity contribution is -0.119. The molecule has 7 nitrogen and oxygen atoms in total. The molecule has 32 heavy (non-hydrogen) atoms. The summed E-state index contributed by atoms with van der Waals surface area (Å²) in [7, 11) is 0. The number of aryl methyl sites for hydroxylation is 1. The maximum absolute atomic E-state index is 13.2. The van der Waals surface area contributed by atoms with Crippen molar-refractivity contribution in [3.8, 4) is 17.2 Å². The highest BCUT2D eigenvalue weighted by molar-refractivity contribution is 6.08. The summed E-state index contributed by atoms with van der Waals surface area (Å²) < 4.78 is 17.2.